The molecule has 0 bridgehead atoms. The van der Waals surface area contributed by atoms with Crippen LogP contribution in [0.25, 0.3) is 10.8 Å². The maximum absolute atomic E-state index is 10.8. The van der Waals surface area contributed by atoms with Crippen molar-refractivity contribution in [2.75, 3.05) is 10.6 Å². The molecular formula is C25H29N5O2. The molecule has 0 aromatic heterocycles. The van der Waals surface area contributed by atoms with Crippen LogP contribution in [-0.4, -0.2) is 10.6 Å². The van der Waals surface area contributed by atoms with E-state index in [0.29, 0.717) is 17.5 Å². The number of anilines is 2. The molecule has 1 heterocycles. The average Bonchev–Trinajstić information content (AvgIpc) is 2.72. The topological polar surface area (TPSA) is 91.9 Å². The Kier molecular flexibility index (Phi) is 5.82. The van der Waals surface area contributed by atoms with Gasteiger partial charge in [0.05, 0.1) is 16.3 Å². The molecule has 1 aliphatic rings. The largest absolute Gasteiger partial charge is 0.362 e. The molecule has 0 atom stereocenters. The molecule has 0 amide bonds. The minimum Gasteiger partial charge on any atom is -0.362 e. The van der Waals surface area contributed by atoms with Crippen molar-refractivity contribution in [1.29, 1.82) is 0 Å². The van der Waals surface area contributed by atoms with Crippen LogP contribution in [0.3, 0.4) is 0 Å². The fourth-order valence-corrected chi connectivity index (χ4v) is 4.67. The van der Waals surface area contributed by atoms with Crippen molar-refractivity contribution in [3.63, 3.8) is 0 Å². The van der Waals surface area contributed by atoms with Crippen LogP contribution in [0.5, 0.6) is 0 Å². The lowest BCUT2D eigenvalue weighted by molar-refractivity contribution is -0.384. The van der Waals surface area contributed by atoms with Crippen molar-refractivity contribution in [2.45, 2.75) is 46.2 Å². The Morgan fingerprint density at radius 2 is 1.50 bits per heavy atom. The van der Waals surface area contributed by atoms with Crippen LogP contribution in [0, 0.1) is 22.0 Å². The van der Waals surface area contributed by atoms with Crippen LogP contribution < -0.4 is 10.6 Å². The molecule has 0 aliphatic carbocycles. The molecule has 0 saturated carbocycles. The first kappa shape index (κ1) is 21.7. The van der Waals surface area contributed by atoms with Gasteiger partial charge in [0.15, 0.2) is 0 Å². The lowest BCUT2D eigenvalue weighted by Gasteiger charge is -2.44. The number of hydrogen-bond acceptors (Lipinski definition) is 6. The summed E-state index contributed by atoms with van der Waals surface area (Å²) >= 11 is 0. The van der Waals surface area contributed by atoms with E-state index < -0.39 is 4.92 Å². The first-order chi connectivity index (χ1) is 15.3. The second-order valence-corrected chi connectivity index (χ2v) is 9.36. The van der Waals surface area contributed by atoms with Gasteiger partial charge in [-0.15, -0.1) is 5.11 Å². The van der Waals surface area contributed by atoms with E-state index in [0.717, 1.165) is 40.7 Å². The van der Waals surface area contributed by atoms with Gasteiger partial charge in [-0.25, -0.2) is 0 Å². The molecule has 0 radical (unpaired) electrons. The lowest BCUT2D eigenvalue weighted by atomic mass is 9.86. The van der Waals surface area contributed by atoms with Gasteiger partial charge in [-0.3, -0.25) is 10.1 Å². The van der Waals surface area contributed by atoms with Gasteiger partial charge in [0.25, 0.3) is 5.69 Å². The maximum Gasteiger partial charge on any atom is 0.269 e. The van der Waals surface area contributed by atoms with Gasteiger partial charge in [-0.05, 0) is 55.0 Å². The Morgan fingerprint density at radius 1 is 0.875 bits per heavy atom. The molecule has 0 saturated heterocycles. The second kappa shape index (κ2) is 8.57. The third kappa shape index (κ3) is 4.42. The smallest absolute Gasteiger partial charge is 0.269 e. The summed E-state index contributed by atoms with van der Waals surface area (Å²) in [5.74, 6) is 1.09. The molecule has 7 heteroatoms. The molecule has 32 heavy (non-hydrogen) atoms. The second-order valence-electron chi connectivity index (χ2n) is 9.36. The Hall–Kier alpha value is -3.48. The maximum atomic E-state index is 10.8. The van der Waals surface area contributed by atoms with Gasteiger partial charge < -0.3 is 10.6 Å². The van der Waals surface area contributed by atoms with Crippen molar-refractivity contribution in [1.82, 2.24) is 0 Å². The molecular weight excluding hydrogens is 402 g/mol. The SMILES string of the molecule is CC(C)CC1(CC(C)C)Nc2cccc3c(/N=N/c4ccc([N+](=O)[O-])cc4)ccc(c23)N1. The van der Waals surface area contributed by atoms with E-state index in [2.05, 4.69) is 60.7 Å². The Balaban J connectivity index is 1.70. The van der Waals surface area contributed by atoms with Gasteiger partial charge in [0.2, 0.25) is 0 Å². The standard InChI is InChI=1S/C25H29N5O2/c1-16(2)14-25(15-17(3)4)26-22-7-5-6-20-21(12-13-23(27-25)24(20)22)29-28-18-8-10-19(11-9-18)30(31)32/h5-13,16-17,26-27H,14-15H2,1-4H3/b29-28+. The van der Waals surface area contributed by atoms with Gasteiger partial charge in [0.1, 0.15) is 5.66 Å². The molecule has 7 nitrogen and oxygen atoms in total. The van der Waals surface area contributed by atoms with Crippen LogP contribution >= 0.6 is 0 Å². The molecule has 0 unspecified atom stereocenters. The van der Waals surface area contributed by atoms with Gasteiger partial charge >= 0.3 is 0 Å². The predicted octanol–water partition coefficient (Wildman–Crippen LogP) is 7.79. The molecule has 0 spiro atoms. The van der Waals surface area contributed by atoms with Crippen molar-refractivity contribution < 1.29 is 4.92 Å². The molecule has 3 aromatic rings. The van der Waals surface area contributed by atoms with Crippen molar-refractivity contribution in [3.8, 4) is 0 Å². The minimum atomic E-state index is -0.425. The lowest BCUT2D eigenvalue weighted by Crippen LogP contribution is -2.50. The summed E-state index contributed by atoms with van der Waals surface area (Å²) in [6, 6.07) is 16.3. The number of rotatable bonds is 7. The number of non-ortho nitro benzene ring substituents is 1. The number of azo groups is 1. The highest BCUT2D eigenvalue weighted by Crippen LogP contribution is 2.44. The third-order valence-corrected chi connectivity index (χ3v) is 5.61. The van der Waals surface area contributed by atoms with E-state index in [1.54, 1.807) is 12.1 Å². The Bertz CT molecular complexity index is 1140. The summed E-state index contributed by atoms with van der Waals surface area (Å²) in [6.07, 6.45) is 2.03. The summed E-state index contributed by atoms with van der Waals surface area (Å²) in [5.41, 5.74) is 3.38. The first-order valence-electron chi connectivity index (χ1n) is 11.0. The number of benzene rings is 3. The van der Waals surface area contributed by atoms with Gasteiger partial charge in [-0.2, -0.15) is 5.11 Å². The fourth-order valence-electron chi connectivity index (χ4n) is 4.67. The van der Waals surface area contributed by atoms with Gasteiger partial charge in [0, 0.05) is 34.3 Å². The third-order valence-electron chi connectivity index (χ3n) is 5.61. The van der Waals surface area contributed by atoms with E-state index in [9.17, 15) is 10.1 Å². The summed E-state index contributed by atoms with van der Waals surface area (Å²) in [5, 5.41) is 29.3. The van der Waals surface area contributed by atoms with Crippen molar-refractivity contribution >= 4 is 39.2 Å². The number of nitrogens with zero attached hydrogens (tertiary/aromatic N) is 3. The fraction of sp³-hybridized carbons (Fsp3) is 0.360. The zero-order valence-corrected chi connectivity index (χ0v) is 18.9. The van der Waals surface area contributed by atoms with E-state index in [1.165, 1.54) is 12.1 Å². The highest BCUT2D eigenvalue weighted by atomic mass is 16.6. The predicted molar refractivity (Wildman–Crippen MR) is 130 cm³/mol. The zero-order chi connectivity index (χ0) is 22.9. The summed E-state index contributed by atoms with van der Waals surface area (Å²) in [4.78, 5) is 10.4. The van der Waals surface area contributed by atoms with E-state index >= 15 is 0 Å². The van der Waals surface area contributed by atoms with Crippen LogP contribution in [0.4, 0.5) is 28.4 Å². The summed E-state index contributed by atoms with van der Waals surface area (Å²) < 4.78 is 0. The Morgan fingerprint density at radius 3 is 2.09 bits per heavy atom. The molecule has 2 N–H and O–H groups in total. The van der Waals surface area contributed by atoms with Crippen LogP contribution in [0.15, 0.2) is 64.8 Å². The van der Waals surface area contributed by atoms with Gasteiger partial charge in [-0.1, -0.05) is 39.8 Å². The number of nitro benzene ring substituents is 1. The van der Waals surface area contributed by atoms with Crippen molar-refractivity contribution in [3.05, 3.63) is 64.7 Å². The Labute approximate surface area is 188 Å². The van der Waals surface area contributed by atoms with Crippen molar-refractivity contribution in [2.24, 2.45) is 22.1 Å². The summed E-state index contributed by atoms with van der Waals surface area (Å²) in [6.45, 7) is 9.01. The summed E-state index contributed by atoms with van der Waals surface area (Å²) in [7, 11) is 0. The first-order valence-corrected chi connectivity index (χ1v) is 11.0. The van der Waals surface area contributed by atoms with Crippen LogP contribution in [-0.2, 0) is 0 Å². The number of nitrogens with one attached hydrogen (secondary N) is 2. The number of hydrogen-bond donors (Lipinski definition) is 2. The normalized spacial score (nSPS) is 14.7. The van der Waals surface area contributed by atoms with E-state index in [-0.39, 0.29) is 11.4 Å². The van der Waals surface area contributed by atoms with E-state index in [1.807, 2.05) is 18.2 Å². The molecule has 4 rings (SSSR count). The zero-order valence-electron chi connectivity index (χ0n) is 18.9. The highest BCUT2D eigenvalue weighted by molar-refractivity contribution is 6.09. The number of nitro groups is 1. The average molecular weight is 432 g/mol. The highest BCUT2D eigenvalue weighted by Gasteiger charge is 2.35. The molecule has 1 aliphatic heterocycles. The monoisotopic (exact) mass is 431 g/mol. The van der Waals surface area contributed by atoms with Crippen LogP contribution in [0.1, 0.15) is 40.5 Å². The van der Waals surface area contributed by atoms with E-state index in [4.69, 9.17) is 0 Å². The molecule has 3 aromatic carbocycles. The minimum absolute atomic E-state index is 0.0361. The quantitative estimate of drug-likeness (QED) is 0.227. The van der Waals surface area contributed by atoms with Crippen LogP contribution in [0.2, 0.25) is 0 Å². The molecule has 0 fully saturated rings. The molecule has 166 valence electrons.